The predicted octanol–water partition coefficient (Wildman–Crippen LogP) is 2.65. The van der Waals surface area contributed by atoms with Crippen LogP contribution < -0.4 is 10.0 Å². The van der Waals surface area contributed by atoms with Gasteiger partial charge in [0.25, 0.3) is 0 Å². The minimum absolute atomic E-state index is 0.183. The normalized spacial score (nSPS) is 17.2. The van der Waals surface area contributed by atoms with Crippen molar-refractivity contribution in [2.75, 3.05) is 11.3 Å². The van der Waals surface area contributed by atoms with Gasteiger partial charge in [-0.25, -0.2) is 8.42 Å². The topological polar surface area (TPSA) is 58.2 Å². The summed E-state index contributed by atoms with van der Waals surface area (Å²) in [6, 6.07) is 7.89. The first-order valence-corrected chi connectivity index (χ1v) is 8.42. The van der Waals surface area contributed by atoms with Crippen molar-refractivity contribution in [1.29, 1.82) is 0 Å². The highest BCUT2D eigenvalue weighted by atomic mass is 32.2. The lowest BCUT2D eigenvalue weighted by Crippen LogP contribution is -2.19. The van der Waals surface area contributed by atoms with E-state index < -0.39 is 10.0 Å². The molecule has 0 bridgehead atoms. The lowest BCUT2D eigenvalue weighted by molar-refractivity contribution is 0.571. The summed E-state index contributed by atoms with van der Waals surface area (Å²) >= 11 is 0. The standard InChI is InChI=1S/C14H22N2O2S/c1-3-10-15-11(2)12-4-6-13(7-5-12)16-19(17,18)14-8-9-14/h4-7,11,14-16H,3,8-10H2,1-2H3. The highest BCUT2D eigenvalue weighted by Crippen LogP contribution is 2.29. The number of rotatable bonds is 7. The number of benzene rings is 1. The van der Waals surface area contributed by atoms with E-state index in [1.807, 2.05) is 24.3 Å². The third-order valence-electron chi connectivity index (χ3n) is 3.33. The smallest absolute Gasteiger partial charge is 0.235 e. The van der Waals surface area contributed by atoms with E-state index >= 15 is 0 Å². The Morgan fingerprint density at radius 2 is 1.89 bits per heavy atom. The molecule has 1 aliphatic carbocycles. The summed E-state index contributed by atoms with van der Waals surface area (Å²) in [7, 11) is -3.15. The monoisotopic (exact) mass is 282 g/mol. The maximum absolute atomic E-state index is 11.8. The van der Waals surface area contributed by atoms with E-state index in [1.165, 1.54) is 5.56 Å². The summed E-state index contributed by atoms with van der Waals surface area (Å²) in [5, 5.41) is 3.22. The highest BCUT2D eigenvalue weighted by molar-refractivity contribution is 7.93. The van der Waals surface area contributed by atoms with Gasteiger partial charge >= 0.3 is 0 Å². The second-order valence-electron chi connectivity index (χ2n) is 5.14. The van der Waals surface area contributed by atoms with E-state index in [9.17, 15) is 8.42 Å². The molecule has 2 rings (SSSR count). The molecular formula is C14H22N2O2S. The van der Waals surface area contributed by atoms with Crippen molar-refractivity contribution in [2.24, 2.45) is 0 Å². The van der Waals surface area contributed by atoms with Crippen molar-refractivity contribution in [1.82, 2.24) is 5.32 Å². The summed E-state index contributed by atoms with van der Waals surface area (Å²) in [4.78, 5) is 0. The van der Waals surface area contributed by atoms with E-state index in [-0.39, 0.29) is 11.3 Å². The second kappa shape index (κ2) is 5.92. The van der Waals surface area contributed by atoms with Crippen LogP contribution in [-0.2, 0) is 10.0 Å². The number of hydrogen-bond donors (Lipinski definition) is 2. The number of nitrogens with one attached hydrogen (secondary N) is 2. The zero-order valence-electron chi connectivity index (χ0n) is 11.5. The Morgan fingerprint density at radius 3 is 2.42 bits per heavy atom. The largest absolute Gasteiger partial charge is 0.310 e. The lowest BCUT2D eigenvalue weighted by Gasteiger charge is -2.14. The van der Waals surface area contributed by atoms with Crippen molar-refractivity contribution in [2.45, 2.75) is 44.4 Å². The van der Waals surface area contributed by atoms with Crippen LogP contribution in [0.25, 0.3) is 0 Å². The Kier molecular flexibility index (Phi) is 4.47. The zero-order chi connectivity index (χ0) is 13.9. The maximum atomic E-state index is 11.8. The van der Waals surface area contributed by atoms with E-state index in [0.29, 0.717) is 5.69 Å². The predicted molar refractivity (Wildman–Crippen MR) is 78.7 cm³/mol. The molecule has 5 heteroatoms. The summed E-state index contributed by atoms with van der Waals surface area (Å²) in [5.74, 6) is 0. The quantitative estimate of drug-likeness (QED) is 0.808. The molecule has 0 amide bonds. The van der Waals surface area contributed by atoms with Crippen LogP contribution in [0.1, 0.15) is 44.7 Å². The minimum atomic E-state index is -3.15. The third kappa shape index (κ3) is 3.94. The number of hydrogen-bond acceptors (Lipinski definition) is 3. The Labute approximate surface area is 115 Å². The first-order chi connectivity index (χ1) is 9.03. The first-order valence-electron chi connectivity index (χ1n) is 6.88. The van der Waals surface area contributed by atoms with E-state index in [1.54, 1.807) is 0 Å². The van der Waals surface area contributed by atoms with E-state index in [4.69, 9.17) is 0 Å². The molecule has 106 valence electrons. The van der Waals surface area contributed by atoms with Gasteiger partial charge in [0, 0.05) is 11.7 Å². The van der Waals surface area contributed by atoms with Crippen molar-refractivity contribution in [3.8, 4) is 0 Å². The molecule has 0 radical (unpaired) electrons. The van der Waals surface area contributed by atoms with Crippen LogP contribution in [0.3, 0.4) is 0 Å². The SMILES string of the molecule is CCCNC(C)c1ccc(NS(=O)(=O)C2CC2)cc1. The summed E-state index contributed by atoms with van der Waals surface area (Å²) < 4.78 is 26.2. The molecule has 1 aromatic rings. The van der Waals surface area contributed by atoms with Crippen molar-refractivity contribution < 1.29 is 8.42 Å². The zero-order valence-corrected chi connectivity index (χ0v) is 12.3. The van der Waals surface area contributed by atoms with Crippen LogP contribution in [0.15, 0.2) is 24.3 Å². The van der Waals surface area contributed by atoms with Gasteiger partial charge in [0.2, 0.25) is 10.0 Å². The molecule has 0 spiro atoms. The molecule has 0 aliphatic heterocycles. The molecule has 1 atom stereocenters. The van der Waals surface area contributed by atoms with Gasteiger partial charge in [-0.3, -0.25) is 4.72 Å². The molecule has 1 aliphatic rings. The Morgan fingerprint density at radius 1 is 1.26 bits per heavy atom. The van der Waals surface area contributed by atoms with Crippen molar-refractivity contribution in [3.63, 3.8) is 0 Å². The average Bonchev–Trinajstić information content (AvgIpc) is 3.21. The fourth-order valence-electron chi connectivity index (χ4n) is 1.94. The van der Waals surface area contributed by atoms with Gasteiger partial charge in [-0.05, 0) is 50.4 Å². The van der Waals surface area contributed by atoms with Gasteiger partial charge in [-0.1, -0.05) is 19.1 Å². The molecule has 2 N–H and O–H groups in total. The fraction of sp³-hybridized carbons (Fsp3) is 0.571. The van der Waals surface area contributed by atoms with Gasteiger partial charge in [0.15, 0.2) is 0 Å². The van der Waals surface area contributed by atoms with Crippen molar-refractivity contribution >= 4 is 15.7 Å². The summed E-state index contributed by atoms with van der Waals surface area (Å²) in [6.07, 6.45) is 2.67. The first kappa shape index (κ1) is 14.3. The molecule has 0 heterocycles. The Balaban J connectivity index is 1.98. The molecule has 1 unspecified atom stereocenters. The average molecular weight is 282 g/mol. The summed E-state index contributed by atoms with van der Waals surface area (Å²) in [6.45, 7) is 5.23. The van der Waals surface area contributed by atoms with Crippen LogP contribution in [0, 0.1) is 0 Å². The van der Waals surface area contributed by atoms with Crippen LogP contribution in [0.5, 0.6) is 0 Å². The molecule has 1 aromatic carbocycles. The van der Waals surface area contributed by atoms with E-state index in [0.717, 1.165) is 25.8 Å². The minimum Gasteiger partial charge on any atom is -0.310 e. The summed E-state index contributed by atoms with van der Waals surface area (Å²) in [5.41, 5.74) is 1.82. The van der Waals surface area contributed by atoms with Gasteiger partial charge in [0.1, 0.15) is 0 Å². The molecule has 1 saturated carbocycles. The second-order valence-corrected chi connectivity index (χ2v) is 7.11. The molecule has 4 nitrogen and oxygen atoms in total. The molecule has 0 aromatic heterocycles. The number of anilines is 1. The molecule has 19 heavy (non-hydrogen) atoms. The van der Waals surface area contributed by atoms with Gasteiger partial charge < -0.3 is 5.32 Å². The molecule has 1 fully saturated rings. The van der Waals surface area contributed by atoms with Crippen LogP contribution in [0.4, 0.5) is 5.69 Å². The third-order valence-corrected chi connectivity index (χ3v) is 5.20. The van der Waals surface area contributed by atoms with Crippen LogP contribution >= 0.6 is 0 Å². The lowest BCUT2D eigenvalue weighted by atomic mass is 10.1. The fourth-order valence-corrected chi connectivity index (χ4v) is 3.33. The van der Waals surface area contributed by atoms with Gasteiger partial charge in [-0.15, -0.1) is 0 Å². The maximum Gasteiger partial charge on any atom is 0.235 e. The van der Waals surface area contributed by atoms with E-state index in [2.05, 4.69) is 23.9 Å². The van der Waals surface area contributed by atoms with Gasteiger partial charge in [0.05, 0.1) is 5.25 Å². The van der Waals surface area contributed by atoms with Crippen molar-refractivity contribution in [3.05, 3.63) is 29.8 Å². The van der Waals surface area contributed by atoms with Crippen LogP contribution in [0.2, 0.25) is 0 Å². The van der Waals surface area contributed by atoms with Gasteiger partial charge in [-0.2, -0.15) is 0 Å². The molecular weight excluding hydrogens is 260 g/mol. The molecule has 0 saturated heterocycles. The highest BCUT2D eigenvalue weighted by Gasteiger charge is 2.35. The van der Waals surface area contributed by atoms with Crippen LogP contribution in [-0.4, -0.2) is 20.2 Å². The Bertz CT molecular complexity index is 507. The number of sulfonamides is 1. The Hall–Kier alpha value is -1.07.